The minimum Gasteiger partial charge on any atom is -0.484 e. The van der Waals surface area contributed by atoms with E-state index in [-0.39, 0.29) is 24.3 Å². The molecule has 0 radical (unpaired) electrons. The highest BCUT2D eigenvalue weighted by Gasteiger charge is 2.16. The van der Waals surface area contributed by atoms with E-state index in [0.717, 1.165) is 10.1 Å². The largest absolute Gasteiger partial charge is 0.484 e. The molecule has 0 saturated heterocycles. The molecule has 0 aliphatic carbocycles. The molecule has 1 aromatic carbocycles. The topological polar surface area (TPSA) is 129 Å². The molecule has 0 spiro atoms. The van der Waals surface area contributed by atoms with Crippen molar-refractivity contribution in [3.05, 3.63) is 57.0 Å². The SMILES string of the molecule is Cc1ccc(OCC(=O)NNC(=O)Cn2cnc3c2c(=O)n(C)c(=O)n3C)cc1. The maximum atomic E-state index is 12.3. The van der Waals surface area contributed by atoms with E-state index in [4.69, 9.17) is 4.74 Å². The van der Waals surface area contributed by atoms with Gasteiger partial charge in [-0.3, -0.25) is 34.4 Å². The van der Waals surface area contributed by atoms with Gasteiger partial charge < -0.3 is 9.30 Å². The summed E-state index contributed by atoms with van der Waals surface area (Å²) in [5.74, 6) is -0.597. The molecule has 3 rings (SSSR count). The lowest BCUT2D eigenvalue weighted by Crippen LogP contribution is -2.45. The number of nitrogens with one attached hydrogen (secondary N) is 2. The summed E-state index contributed by atoms with van der Waals surface area (Å²) in [6, 6.07) is 7.17. The van der Waals surface area contributed by atoms with Crippen LogP contribution in [0.25, 0.3) is 11.2 Å². The summed E-state index contributed by atoms with van der Waals surface area (Å²) in [6.07, 6.45) is 1.29. The van der Waals surface area contributed by atoms with Crippen molar-refractivity contribution in [2.75, 3.05) is 6.61 Å². The van der Waals surface area contributed by atoms with E-state index in [9.17, 15) is 19.2 Å². The predicted molar refractivity (Wildman–Crippen MR) is 103 cm³/mol. The van der Waals surface area contributed by atoms with Crippen molar-refractivity contribution in [2.45, 2.75) is 13.5 Å². The molecule has 0 fully saturated rings. The van der Waals surface area contributed by atoms with Crippen LogP contribution in [-0.4, -0.2) is 37.1 Å². The molecule has 3 aromatic rings. The number of carbonyl (C=O) groups excluding carboxylic acids is 2. The zero-order valence-corrected chi connectivity index (χ0v) is 16.1. The van der Waals surface area contributed by atoms with Gasteiger partial charge in [-0.15, -0.1) is 0 Å². The summed E-state index contributed by atoms with van der Waals surface area (Å²) >= 11 is 0. The molecule has 152 valence electrons. The number of nitrogens with zero attached hydrogens (tertiary/aromatic N) is 4. The molecule has 2 N–H and O–H groups in total. The van der Waals surface area contributed by atoms with E-state index in [1.807, 2.05) is 19.1 Å². The van der Waals surface area contributed by atoms with Gasteiger partial charge in [-0.1, -0.05) is 17.7 Å². The van der Waals surface area contributed by atoms with Crippen LogP contribution in [0.3, 0.4) is 0 Å². The fourth-order valence-electron chi connectivity index (χ4n) is 2.67. The van der Waals surface area contributed by atoms with Crippen LogP contribution in [0.15, 0.2) is 40.2 Å². The third kappa shape index (κ3) is 4.18. The molecule has 0 atom stereocenters. The van der Waals surface area contributed by atoms with Crippen molar-refractivity contribution in [1.82, 2.24) is 29.5 Å². The number of amides is 2. The summed E-state index contributed by atoms with van der Waals surface area (Å²) in [4.78, 5) is 52.2. The van der Waals surface area contributed by atoms with Crippen LogP contribution in [0.5, 0.6) is 5.75 Å². The Bertz CT molecular complexity index is 1190. The number of ether oxygens (including phenoxy) is 1. The zero-order valence-electron chi connectivity index (χ0n) is 16.1. The number of aromatic nitrogens is 4. The molecule has 2 heterocycles. The highest BCUT2D eigenvalue weighted by atomic mass is 16.5. The standard InChI is InChI=1S/C18H20N6O5/c1-11-4-6-12(7-5-11)29-9-14(26)21-20-13(25)8-24-10-19-16-15(24)17(27)23(3)18(28)22(16)2/h4-7,10H,8-9H2,1-3H3,(H,20,25)(H,21,26). The van der Waals surface area contributed by atoms with Gasteiger partial charge in [-0.2, -0.15) is 0 Å². The van der Waals surface area contributed by atoms with Crippen molar-refractivity contribution in [3.8, 4) is 5.75 Å². The normalized spacial score (nSPS) is 10.7. The monoisotopic (exact) mass is 400 g/mol. The second-order valence-corrected chi connectivity index (χ2v) is 6.45. The Kier molecular flexibility index (Phi) is 5.48. The molecule has 0 unspecified atom stereocenters. The molecule has 2 aromatic heterocycles. The summed E-state index contributed by atoms with van der Waals surface area (Å²) < 4.78 is 8.77. The fraction of sp³-hybridized carbons (Fsp3) is 0.278. The second-order valence-electron chi connectivity index (χ2n) is 6.45. The van der Waals surface area contributed by atoms with E-state index in [2.05, 4.69) is 15.8 Å². The number of hydrogen-bond donors (Lipinski definition) is 2. The van der Waals surface area contributed by atoms with Gasteiger partial charge in [0.05, 0.1) is 6.33 Å². The number of fused-ring (bicyclic) bond motifs is 1. The van der Waals surface area contributed by atoms with Gasteiger partial charge in [0.2, 0.25) is 0 Å². The van der Waals surface area contributed by atoms with Gasteiger partial charge in [0.15, 0.2) is 17.8 Å². The first kappa shape index (κ1) is 19.9. The summed E-state index contributed by atoms with van der Waals surface area (Å²) in [5.41, 5.74) is 4.74. The Morgan fingerprint density at radius 3 is 2.38 bits per heavy atom. The maximum Gasteiger partial charge on any atom is 0.332 e. The average Bonchev–Trinajstić information content (AvgIpc) is 3.12. The maximum absolute atomic E-state index is 12.3. The van der Waals surface area contributed by atoms with Crippen LogP contribution in [0, 0.1) is 6.92 Å². The minimum absolute atomic E-state index is 0.110. The second kappa shape index (κ2) is 8.00. The molecule has 0 aliphatic heterocycles. The third-order valence-corrected chi connectivity index (χ3v) is 4.26. The number of hydrazine groups is 1. The molecule has 0 saturated carbocycles. The van der Waals surface area contributed by atoms with E-state index in [0.29, 0.717) is 5.75 Å². The van der Waals surface area contributed by atoms with Gasteiger partial charge in [0.25, 0.3) is 17.4 Å². The molecule has 2 amide bonds. The van der Waals surface area contributed by atoms with E-state index >= 15 is 0 Å². The first-order valence-corrected chi connectivity index (χ1v) is 8.66. The fourth-order valence-corrected chi connectivity index (χ4v) is 2.67. The molecule has 29 heavy (non-hydrogen) atoms. The van der Waals surface area contributed by atoms with Gasteiger partial charge in [-0.25, -0.2) is 9.78 Å². The Labute approximate surface area is 164 Å². The summed E-state index contributed by atoms with van der Waals surface area (Å²) in [5, 5.41) is 0. The van der Waals surface area contributed by atoms with Gasteiger partial charge in [0, 0.05) is 14.1 Å². The number of benzene rings is 1. The van der Waals surface area contributed by atoms with Crippen LogP contribution in [0.2, 0.25) is 0 Å². The van der Waals surface area contributed by atoms with E-state index in [1.165, 1.54) is 29.6 Å². The predicted octanol–water partition coefficient (Wildman–Crippen LogP) is -1.03. The lowest BCUT2D eigenvalue weighted by atomic mass is 10.2. The van der Waals surface area contributed by atoms with Crippen LogP contribution in [-0.2, 0) is 30.2 Å². The number of hydrogen-bond acceptors (Lipinski definition) is 6. The van der Waals surface area contributed by atoms with Crippen LogP contribution < -0.4 is 26.8 Å². The van der Waals surface area contributed by atoms with Crippen molar-refractivity contribution in [1.29, 1.82) is 0 Å². The highest BCUT2D eigenvalue weighted by Crippen LogP contribution is 2.10. The van der Waals surface area contributed by atoms with Gasteiger partial charge >= 0.3 is 5.69 Å². The Morgan fingerprint density at radius 1 is 1.03 bits per heavy atom. The van der Waals surface area contributed by atoms with E-state index < -0.39 is 23.1 Å². The van der Waals surface area contributed by atoms with Crippen LogP contribution >= 0.6 is 0 Å². The van der Waals surface area contributed by atoms with Gasteiger partial charge in [0.1, 0.15) is 12.3 Å². The van der Waals surface area contributed by atoms with Crippen LogP contribution in [0.4, 0.5) is 0 Å². The average molecular weight is 400 g/mol. The number of rotatable bonds is 5. The molecule has 0 aliphatic rings. The number of aryl methyl sites for hydroxylation is 2. The van der Waals surface area contributed by atoms with Crippen molar-refractivity contribution in [3.63, 3.8) is 0 Å². The third-order valence-electron chi connectivity index (χ3n) is 4.26. The molecule has 11 nitrogen and oxygen atoms in total. The minimum atomic E-state index is -0.580. The summed E-state index contributed by atoms with van der Waals surface area (Å²) in [7, 11) is 2.82. The van der Waals surface area contributed by atoms with E-state index in [1.54, 1.807) is 12.1 Å². The first-order valence-electron chi connectivity index (χ1n) is 8.66. The lowest BCUT2D eigenvalue weighted by molar-refractivity contribution is -0.130. The quantitative estimate of drug-likeness (QED) is 0.527. The Balaban J connectivity index is 1.60. The van der Waals surface area contributed by atoms with Crippen molar-refractivity contribution < 1.29 is 14.3 Å². The van der Waals surface area contributed by atoms with Gasteiger partial charge in [-0.05, 0) is 19.1 Å². The van der Waals surface area contributed by atoms with Crippen LogP contribution in [0.1, 0.15) is 5.56 Å². The van der Waals surface area contributed by atoms with Crippen molar-refractivity contribution >= 4 is 23.0 Å². The molecule has 0 bridgehead atoms. The zero-order chi connectivity index (χ0) is 21.1. The Hall–Kier alpha value is -3.89. The molecule has 11 heteroatoms. The number of imidazole rings is 1. The molecular weight excluding hydrogens is 380 g/mol. The number of carbonyl (C=O) groups is 2. The highest BCUT2D eigenvalue weighted by molar-refractivity contribution is 5.83. The summed E-state index contributed by atoms with van der Waals surface area (Å²) in [6.45, 7) is 1.38. The molecular formula is C18H20N6O5. The smallest absolute Gasteiger partial charge is 0.332 e. The van der Waals surface area contributed by atoms with Crippen molar-refractivity contribution in [2.24, 2.45) is 14.1 Å². The Morgan fingerprint density at radius 2 is 1.69 bits per heavy atom. The lowest BCUT2D eigenvalue weighted by Gasteiger charge is -2.10. The first-order chi connectivity index (χ1) is 13.8.